The zero-order valence-electron chi connectivity index (χ0n) is 13.2. The third-order valence-corrected chi connectivity index (χ3v) is 4.41. The van der Waals surface area contributed by atoms with Gasteiger partial charge in [0.25, 0.3) is 5.91 Å². The van der Waals surface area contributed by atoms with Gasteiger partial charge in [0, 0.05) is 11.7 Å². The van der Waals surface area contributed by atoms with Gasteiger partial charge in [0.2, 0.25) is 0 Å². The van der Waals surface area contributed by atoms with Gasteiger partial charge in [0.15, 0.2) is 0 Å². The van der Waals surface area contributed by atoms with Gasteiger partial charge in [0.1, 0.15) is 5.69 Å². The molecule has 0 atom stereocenters. The molecule has 1 aromatic rings. The molecule has 0 radical (unpaired) electrons. The van der Waals surface area contributed by atoms with E-state index in [0.29, 0.717) is 22.5 Å². The van der Waals surface area contributed by atoms with Gasteiger partial charge in [-0.2, -0.15) is 0 Å². The van der Waals surface area contributed by atoms with Crippen molar-refractivity contribution in [1.29, 1.82) is 0 Å². The number of methoxy groups -OCH3 is 1. The standard InChI is InChI=1S/C16H24N2O3/c1-9-5-7-12(8-6-9)18-15(19)14-10(2)13(11(3)17-14)16(20)21-4/h9,12,17H,5-8H2,1-4H3,(H,18,19). The average molecular weight is 292 g/mol. The van der Waals surface area contributed by atoms with Gasteiger partial charge in [-0.1, -0.05) is 6.92 Å². The van der Waals surface area contributed by atoms with Crippen LogP contribution in [0.5, 0.6) is 0 Å². The number of esters is 1. The third kappa shape index (κ3) is 3.28. The van der Waals surface area contributed by atoms with Crippen LogP contribution in [-0.4, -0.2) is 30.0 Å². The Kier molecular flexibility index (Phi) is 4.70. The van der Waals surface area contributed by atoms with Crippen molar-refractivity contribution in [3.8, 4) is 0 Å². The molecule has 0 spiro atoms. The van der Waals surface area contributed by atoms with Gasteiger partial charge in [-0.25, -0.2) is 4.79 Å². The highest BCUT2D eigenvalue weighted by Gasteiger charge is 2.25. The number of carbonyl (C=O) groups is 2. The lowest BCUT2D eigenvalue weighted by Crippen LogP contribution is -2.37. The van der Waals surface area contributed by atoms with Crippen LogP contribution >= 0.6 is 0 Å². The first kappa shape index (κ1) is 15.6. The van der Waals surface area contributed by atoms with Gasteiger partial charge < -0.3 is 15.0 Å². The van der Waals surface area contributed by atoms with E-state index in [1.165, 1.54) is 7.11 Å². The highest BCUT2D eigenvalue weighted by molar-refractivity contribution is 6.00. The van der Waals surface area contributed by atoms with E-state index in [0.717, 1.165) is 31.6 Å². The fourth-order valence-electron chi connectivity index (χ4n) is 3.05. The number of amides is 1. The van der Waals surface area contributed by atoms with E-state index in [9.17, 15) is 9.59 Å². The monoisotopic (exact) mass is 292 g/mol. The number of aromatic amines is 1. The number of ether oxygens (including phenoxy) is 1. The summed E-state index contributed by atoms with van der Waals surface area (Å²) in [7, 11) is 1.34. The largest absolute Gasteiger partial charge is 0.465 e. The molecule has 1 fully saturated rings. The Labute approximate surface area is 125 Å². The zero-order chi connectivity index (χ0) is 15.6. The maximum atomic E-state index is 12.4. The normalized spacial score (nSPS) is 21.9. The molecule has 0 saturated heterocycles. The van der Waals surface area contributed by atoms with E-state index in [2.05, 4.69) is 17.2 Å². The number of rotatable bonds is 3. The number of H-pyrrole nitrogens is 1. The first-order valence-corrected chi connectivity index (χ1v) is 7.52. The third-order valence-electron chi connectivity index (χ3n) is 4.41. The summed E-state index contributed by atoms with van der Waals surface area (Å²) in [5.74, 6) is 0.204. The van der Waals surface area contributed by atoms with Gasteiger partial charge >= 0.3 is 5.97 Å². The molecule has 1 heterocycles. The topological polar surface area (TPSA) is 71.2 Å². The minimum atomic E-state index is -0.410. The molecule has 1 aliphatic carbocycles. The fraction of sp³-hybridized carbons (Fsp3) is 0.625. The first-order valence-electron chi connectivity index (χ1n) is 7.52. The second kappa shape index (κ2) is 6.33. The van der Waals surface area contributed by atoms with E-state index in [4.69, 9.17) is 4.74 Å². The molecule has 1 aromatic heterocycles. The SMILES string of the molecule is COC(=O)c1c(C)[nH]c(C(=O)NC2CCC(C)CC2)c1C. The van der Waals surface area contributed by atoms with Crippen LogP contribution in [0.15, 0.2) is 0 Å². The average Bonchev–Trinajstić information content (AvgIpc) is 2.76. The zero-order valence-corrected chi connectivity index (χ0v) is 13.2. The Morgan fingerprint density at radius 3 is 2.38 bits per heavy atom. The van der Waals surface area contributed by atoms with Gasteiger partial charge in [-0.15, -0.1) is 0 Å². The first-order chi connectivity index (χ1) is 9.93. The van der Waals surface area contributed by atoms with E-state index in [-0.39, 0.29) is 11.9 Å². The predicted octanol–water partition coefficient (Wildman–Crippen LogP) is 2.73. The lowest BCUT2D eigenvalue weighted by Gasteiger charge is -2.26. The summed E-state index contributed by atoms with van der Waals surface area (Å²) in [4.78, 5) is 27.2. The molecule has 1 amide bonds. The van der Waals surface area contributed by atoms with Crippen molar-refractivity contribution in [2.24, 2.45) is 5.92 Å². The molecule has 21 heavy (non-hydrogen) atoms. The minimum absolute atomic E-state index is 0.134. The van der Waals surface area contributed by atoms with Crippen LogP contribution in [0.3, 0.4) is 0 Å². The van der Waals surface area contributed by atoms with Crippen molar-refractivity contribution in [3.05, 3.63) is 22.5 Å². The highest BCUT2D eigenvalue weighted by atomic mass is 16.5. The Balaban J connectivity index is 2.11. The van der Waals surface area contributed by atoms with Crippen molar-refractivity contribution in [2.45, 2.75) is 52.5 Å². The highest BCUT2D eigenvalue weighted by Crippen LogP contribution is 2.24. The van der Waals surface area contributed by atoms with Crippen molar-refractivity contribution in [2.75, 3.05) is 7.11 Å². The van der Waals surface area contributed by atoms with Crippen molar-refractivity contribution < 1.29 is 14.3 Å². The predicted molar refractivity (Wildman–Crippen MR) is 80.5 cm³/mol. The molecular weight excluding hydrogens is 268 g/mol. The van der Waals surface area contributed by atoms with Crippen LogP contribution in [0.25, 0.3) is 0 Å². The summed E-state index contributed by atoms with van der Waals surface area (Å²) in [6.07, 6.45) is 4.35. The van der Waals surface area contributed by atoms with Crippen LogP contribution in [0.4, 0.5) is 0 Å². The summed E-state index contributed by atoms with van der Waals surface area (Å²) in [6, 6.07) is 0.235. The molecule has 2 N–H and O–H groups in total. The molecule has 5 nitrogen and oxygen atoms in total. The maximum Gasteiger partial charge on any atom is 0.339 e. The van der Waals surface area contributed by atoms with Crippen molar-refractivity contribution in [3.63, 3.8) is 0 Å². The van der Waals surface area contributed by atoms with Gasteiger partial charge in [-0.3, -0.25) is 4.79 Å². The van der Waals surface area contributed by atoms with E-state index < -0.39 is 5.97 Å². The van der Waals surface area contributed by atoms with Crippen LogP contribution in [0.2, 0.25) is 0 Å². The number of hydrogen-bond donors (Lipinski definition) is 2. The molecule has 0 aliphatic heterocycles. The van der Waals surface area contributed by atoms with E-state index in [1.54, 1.807) is 13.8 Å². The van der Waals surface area contributed by atoms with Crippen molar-refractivity contribution in [1.82, 2.24) is 10.3 Å². The number of aromatic nitrogens is 1. The molecule has 2 rings (SSSR count). The molecular formula is C16H24N2O3. The fourth-order valence-corrected chi connectivity index (χ4v) is 3.05. The van der Waals surface area contributed by atoms with Crippen LogP contribution in [0.1, 0.15) is 64.7 Å². The smallest absolute Gasteiger partial charge is 0.339 e. The van der Waals surface area contributed by atoms with Crippen LogP contribution in [-0.2, 0) is 4.74 Å². The Morgan fingerprint density at radius 1 is 1.19 bits per heavy atom. The van der Waals surface area contributed by atoms with Crippen molar-refractivity contribution >= 4 is 11.9 Å². The lowest BCUT2D eigenvalue weighted by molar-refractivity contribution is 0.0599. The number of aryl methyl sites for hydroxylation is 1. The van der Waals surface area contributed by atoms with Gasteiger partial charge in [-0.05, 0) is 51.0 Å². The maximum absolute atomic E-state index is 12.4. The molecule has 5 heteroatoms. The Morgan fingerprint density at radius 2 is 1.81 bits per heavy atom. The summed E-state index contributed by atoms with van der Waals surface area (Å²) >= 11 is 0. The van der Waals surface area contributed by atoms with E-state index >= 15 is 0 Å². The van der Waals surface area contributed by atoms with Crippen LogP contribution < -0.4 is 5.32 Å². The number of hydrogen-bond acceptors (Lipinski definition) is 3. The van der Waals surface area contributed by atoms with E-state index in [1.807, 2.05) is 0 Å². The molecule has 1 saturated carbocycles. The molecule has 116 valence electrons. The lowest BCUT2D eigenvalue weighted by atomic mass is 9.87. The molecule has 0 aromatic carbocycles. The number of carbonyl (C=O) groups excluding carboxylic acids is 2. The molecule has 0 bridgehead atoms. The Bertz CT molecular complexity index is 540. The summed E-state index contributed by atoms with van der Waals surface area (Å²) in [5.41, 5.74) is 2.24. The summed E-state index contributed by atoms with van der Waals surface area (Å²) < 4.78 is 4.76. The summed E-state index contributed by atoms with van der Waals surface area (Å²) in [6.45, 7) is 5.80. The van der Waals surface area contributed by atoms with Crippen LogP contribution in [0, 0.1) is 19.8 Å². The summed E-state index contributed by atoms with van der Waals surface area (Å²) in [5, 5.41) is 3.07. The van der Waals surface area contributed by atoms with Gasteiger partial charge in [0.05, 0.1) is 12.7 Å². The Hall–Kier alpha value is -1.78. The number of nitrogens with one attached hydrogen (secondary N) is 2. The second-order valence-electron chi connectivity index (χ2n) is 6.05. The second-order valence-corrected chi connectivity index (χ2v) is 6.05. The minimum Gasteiger partial charge on any atom is -0.465 e. The molecule has 0 unspecified atom stereocenters. The quantitative estimate of drug-likeness (QED) is 0.841. The molecule has 1 aliphatic rings.